The summed E-state index contributed by atoms with van der Waals surface area (Å²) in [7, 11) is 0. The minimum absolute atomic E-state index is 0.327. The van der Waals surface area contributed by atoms with E-state index in [0.29, 0.717) is 12.2 Å². The van der Waals surface area contributed by atoms with Gasteiger partial charge in [0.1, 0.15) is 5.69 Å². The smallest absolute Gasteiger partial charge is 0.352 e. The number of hydrogen-bond acceptors (Lipinski definition) is 1. The Kier molecular flexibility index (Phi) is 3.03. The highest BCUT2D eigenvalue weighted by Crippen LogP contribution is 2.21. The van der Waals surface area contributed by atoms with Gasteiger partial charge in [0, 0.05) is 17.4 Å². The highest BCUT2D eigenvalue weighted by molar-refractivity contribution is 5.94. The molecule has 0 saturated heterocycles. The number of carbonyl (C=O) groups is 1. The molecule has 0 spiro atoms. The van der Waals surface area contributed by atoms with Crippen molar-refractivity contribution in [3.05, 3.63) is 71.4 Å². The predicted molar refractivity (Wildman–Crippen MR) is 79.2 cm³/mol. The first kappa shape index (κ1) is 12.5. The van der Waals surface area contributed by atoms with Crippen molar-refractivity contribution in [3.8, 4) is 0 Å². The second kappa shape index (κ2) is 4.85. The number of aromatic nitrogens is 1. The SMILES string of the molecule is Cc1cccc(Cn2c(C(=O)O)cc3ccccc32)c1. The standard InChI is InChI=1S/C17H15NO2/c1-12-5-4-6-13(9-12)11-18-15-8-3-2-7-14(15)10-16(18)17(19)20/h2-10H,11H2,1H3,(H,19,20). The summed E-state index contributed by atoms with van der Waals surface area (Å²) in [6.07, 6.45) is 0. The van der Waals surface area contributed by atoms with Gasteiger partial charge in [0.15, 0.2) is 0 Å². The molecule has 3 nitrogen and oxygen atoms in total. The van der Waals surface area contributed by atoms with E-state index in [2.05, 4.69) is 6.07 Å². The largest absolute Gasteiger partial charge is 0.477 e. The second-order valence-corrected chi connectivity index (χ2v) is 4.97. The molecule has 1 heterocycles. The number of nitrogens with zero attached hydrogens (tertiary/aromatic N) is 1. The number of carboxylic acid groups (broad SMARTS) is 1. The van der Waals surface area contributed by atoms with Crippen molar-refractivity contribution >= 4 is 16.9 Å². The Bertz CT molecular complexity index is 787. The fourth-order valence-electron chi connectivity index (χ4n) is 2.55. The van der Waals surface area contributed by atoms with Crippen LogP contribution in [0.4, 0.5) is 0 Å². The van der Waals surface area contributed by atoms with Gasteiger partial charge in [-0.3, -0.25) is 0 Å². The summed E-state index contributed by atoms with van der Waals surface area (Å²) in [5, 5.41) is 10.3. The molecule has 2 aromatic carbocycles. The van der Waals surface area contributed by atoms with E-state index in [0.717, 1.165) is 16.5 Å². The molecule has 0 saturated carbocycles. The van der Waals surface area contributed by atoms with E-state index in [1.807, 2.05) is 54.0 Å². The summed E-state index contributed by atoms with van der Waals surface area (Å²) in [5.41, 5.74) is 3.56. The van der Waals surface area contributed by atoms with Crippen LogP contribution in [0.25, 0.3) is 10.9 Å². The first-order valence-corrected chi connectivity index (χ1v) is 6.52. The monoisotopic (exact) mass is 265 g/mol. The van der Waals surface area contributed by atoms with Crippen LogP contribution < -0.4 is 0 Å². The summed E-state index contributed by atoms with van der Waals surface area (Å²) in [4.78, 5) is 11.4. The molecule has 1 N–H and O–H groups in total. The van der Waals surface area contributed by atoms with Crippen LogP contribution in [0.2, 0.25) is 0 Å². The highest BCUT2D eigenvalue weighted by Gasteiger charge is 2.14. The summed E-state index contributed by atoms with van der Waals surface area (Å²) in [5.74, 6) is -0.895. The summed E-state index contributed by atoms with van der Waals surface area (Å²) in [6.45, 7) is 2.60. The van der Waals surface area contributed by atoms with Crippen LogP contribution in [0.5, 0.6) is 0 Å². The van der Waals surface area contributed by atoms with E-state index in [9.17, 15) is 9.90 Å². The van der Waals surface area contributed by atoms with Gasteiger partial charge in [-0.2, -0.15) is 0 Å². The summed E-state index contributed by atoms with van der Waals surface area (Å²) < 4.78 is 1.85. The minimum Gasteiger partial charge on any atom is -0.477 e. The molecule has 100 valence electrons. The van der Waals surface area contributed by atoms with Crippen LogP contribution in [-0.4, -0.2) is 15.6 Å². The molecule has 3 heteroatoms. The maximum atomic E-state index is 11.4. The van der Waals surface area contributed by atoms with E-state index >= 15 is 0 Å². The van der Waals surface area contributed by atoms with Crippen molar-refractivity contribution in [2.24, 2.45) is 0 Å². The van der Waals surface area contributed by atoms with Crippen LogP contribution in [0.1, 0.15) is 21.6 Å². The molecular formula is C17H15NO2. The van der Waals surface area contributed by atoms with E-state index in [1.165, 1.54) is 5.56 Å². The Labute approximate surface area is 117 Å². The lowest BCUT2D eigenvalue weighted by atomic mass is 10.1. The average Bonchev–Trinajstić information content (AvgIpc) is 2.78. The molecule has 0 unspecified atom stereocenters. The molecule has 0 atom stereocenters. The fraction of sp³-hybridized carbons (Fsp3) is 0.118. The molecule has 0 fully saturated rings. The van der Waals surface area contributed by atoms with Gasteiger partial charge in [-0.05, 0) is 24.6 Å². The number of carboxylic acids is 1. The van der Waals surface area contributed by atoms with Crippen molar-refractivity contribution in [1.82, 2.24) is 4.57 Å². The van der Waals surface area contributed by atoms with Crippen molar-refractivity contribution in [2.75, 3.05) is 0 Å². The van der Waals surface area contributed by atoms with Crippen LogP contribution >= 0.6 is 0 Å². The van der Waals surface area contributed by atoms with Gasteiger partial charge in [0.2, 0.25) is 0 Å². The highest BCUT2D eigenvalue weighted by atomic mass is 16.4. The third-order valence-electron chi connectivity index (χ3n) is 3.45. The van der Waals surface area contributed by atoms with Gasteiger partial charge in [0.05, 0.1) is 0 Å². The van der Waals surface area contributed by atoms with Crippen LogP contribution in [0, 0.1) is 6.92 Å². The second-order valence-electron chi connectivity index (χ2n) is 4.97. The molecule has 0 aliphatic rings. The average molecular weight is 265 g/mol. The Morgan fingerprint density at radius 3 is 2.65 bits per heavy atom. The van der Waals surface area contributed by atoms with Crippen molar-refractivity contribution in [3.63, 3.8) is 0 Å². The molecule has 1 aromatic heterocycles. The molecule has 0 aliphatic carbocycles. The van der Waals surface area contributed by atoms with Crippen molar-refractivity contribution in [2.45, 2.75) is 13.5 Å². The molecule has 3 rings (SSSR count). The zero-order valence-electron chi connectivity index (χ0n) is 11.2. The van der Waals surface area contributed by atoms with Gasteiger partial charge in [-0.15, -0.1) is 0 Å². The third-order valence-corrected chi connectivity index (χ3v) is 3.45. The summed E-state index contributed by atoms with van der Waals surface area (Å²) in [6, 6.07) is 17.6. The number of hydrogen-bond donors (Lipinski definition) is 1. The van der Waals surface area contributed by atoms with Crippen molar-refractivity contribution < 1.29 is 9.90 Å². The zero-order valence-corrected chi connectivity index (χ0v) is 11.2. The minimum atomic E-state index is -0.895. The predicted octanol–water partition coefficient (Wildman–Crippen LogP) is 3.70. The first-order chi connectivity index (χ1) is 9.65. The molecule has 0 bridgehead atoms. The maximum Gasteiger partial charge on any atom is 0.352 e. The molecule has 0 amide bonds. The first-order valence-electron chi connectivity index (χ1n) is 6.52. The van der Waals surface area contributed by atoms with Crippen LogP contribution in [0.15, 0.2) is 54.6 Å². The van der Waals surface area contributed by atoms with E-state index < -0.39 is 5.97 Å². The Morgan fingerprint density at radius 1 is 1.10 bits per heavy atom. The normalized spacial score (nSPS) is 10.8. The number of fused-ring (bicyclic) bond motifs is 1. The number of para-hydroxylation sites is 1. The molecule has 0 aliphatic heterocycles. The van der Waals surface area contributed by atoms with Gasteiger partial charge in [-0.25, -0.2) is 4.79 Å². The molecular weight excluding hydrogens is 250 g/mol. The van der Waals surface area contributed by atoms with Gasteiger partial charge >= 0.3 is 5.97 Å². The topological polar surface area (TPSA) is 42.2 Å². The van der Waals surface area contributed by atoms with Crippen LogP contribution in [-0.2, 0) is 6.54 Å². The van der Waals surface area contributed by atoms with Crippen LogP contribution in [0.3, 0.4) is 0 Å². The number of aryl methyl sites for hydroxylation is 1. The quantitative estimate of drug-likeness (QED) is 0.784. The Balaban J connectivity index is 2.14. The molecule has 3 aromatic rings. The molecule has 20 heavy (non-hydrogen) atoms. The zero-order chi connectivity index (χ0) is 14.1. The van der Waals surface area contributed by atoms with E-state index in [4.69, 9.17) is 0 Å². The lowest BCUT2D eigenvalue weighted by molar-refractivity contribution is 0.0686. The van der Waals surface area contributed by atoms with Crippen molar-refractivity contribution in [1.29, 1.82) is 0 Å². The van der Waals surface area contributed by atoms with Gasteiger partial charge in [-0.1, -0.05) is 48.0 Å². The van der Waals surface area contributed by atoms with E-state index in [-0.39, 0.29) is 0 Å². The Hall–Kier alpha value is -2.55. The lowest BCUT2D eigenvalue weighted by Gasteiger charge is -2.09. The third kappa shape index (κ3) is 2.18. The number of benzene rings is 2. The summed E-state index contributed by atoms with van der Waals surface area (Å²) >= 11 is 0. The number of rotatable bonds is 3. The van der Waals surface area contributed by atoms with E-state index in [1.54, 1.807) is 6.07 Å². The van der Waals surface area contributed by atoms with Gasteiger partial charge < -0.3 is 9.67 Å². The number of aromatic carboxylic acids is 1. The Morgan fingerprint density at radius 2 is 1.90 bits per heavy atom. The fourth-order valence-corrected chi connectivity index (χ4v) is 2.55. The molecule has 0 radical (unpaired) electrons. The maximum absolute atomic E-state index is 11.4. The van der Waals surface area contributed by atoms with Gasteiger partial charge in [0.25, 0.3) is 0 Å². The lowest BCUT2D eigenvalue weighted by Crippen LogP contribution is -2.09.